The number of nitrogens with zero attached hydrogens (tertiary/aromatic N) is 2. The van der Waals surface area contributed by atoms with Crippen LogP contribution in [0.1, 0.15) is 21.5 Å². The molecule has 7 heteroatoms. The fourth-order valence-corrected chi connectivity index (χ4v) is 1.93. The molecule has 0 bridgehead atoms. The summed E-state index contributed by atoms with van der Waals surface area (Å²) in [6.07, 6.45) is 2.33. The second-order valence-electron chi connectivity index (χ2n) is 4.99. The van der Waals surface area contributed by atoms with Crippen molar-refractivity contribution in [2.45, 2.75) is 20.0 Å². The van der Waals surface area contributed by atoms with Crippen LogP contribution >= 0.6 is 0 Å². The lowest BCUT2D eigenvalue weighted by Crippen LogP contribution is -2.34. The van der Waals surface area contributed by atoms with Gasteiger partial charge in [0.15, 0.2) is 0 Å². The molecule has 23 heavy (non-hydrogen) atoms. The molecule has 1 amide bonds. The number of amides is 1. The number of methoxy groups -OCH3 is 1. The molecule has 0 radical (unpaired) electrons. The molecular weight excluding hydrogens is 298 g/mol. The van der Waals surface area contributed by atoms with Gasteiger partial charge in [-0.25, -0.2) is 9.78 Å². The van der Waals surface area contributed by atoms with Crippen molar-refractivity contribution in [2.24, 2.45) is 0 Å². The fraction of sp³-hybridized carbons (Fsp3) is 0.250. The Labute approximate surface area is 132 Å². The van der Waals surface area contributed by atoms with Crippen molar-refractivity contribution in [3.05, 3.63) is 63.8 Å². The minimum atomic E-state index is -0.781. The summed E-state index contributed by atoms with van der Waals surface area (Å²) in [7, 11) is 1.17. The van der Waals surface area contributed by atoms with Gasteiger partial charge in [0.1, 0.15) is 12.1 Å². The average molecular weight is 315 g/mol. The van der Waals surface area contributed by atoms with Crippen LogP contribution in [0.25, 0.3) is 0 Å². The maximum Gasteiger partial charge on any atom is 0.345 e. The third-order valence-corrected chi connectivity index (χ3v) is 3.23. The standard InChI is InChI=1S/C16H17N3O4/c1-11-3-5-12(6-4-11)7-18-14(20)9-19-10-17-8-13(15(19)21)16(22)23-2/h3-6,8,10H,7,9H2,1-2H3,(H,18,20). The molecule has 0 aliphatic rings. The Morgan fingerprint density at radius 1 is 1.26 bits per heavy atom. The summed E-state index contributed by atoms with van der Waals surface area (Å²) < 4.78 is 5.57. The van der Waals surface area contributed by atoms with Gasteiger partial charge < -0.3 is 10.1 Å². The average Bonchev–Trinajstić information content (AvgIpc) is 2.55. The van der Waals surface area contributed by atoms with Crippen molar-refractivity contribution in [2.75, 3.05) is 7.11 Å². The van der Waals surface area contributed by atoms with Crippen molar-refractivity contribution in [1.29, 1.82) is 0 Å². The number of aryl methyl sites for hydroxylation is 1. The summed E-state index contributed by atoms with van der Waals surface area (Å²) >= 11 is 0. The molecule has 120 valence electrons. The second-order valence-corrected chi connectivity index (χ2v) is 4.99. The lowest BCUT2D eigenvalue weighted by atomic mass is 10.1. The maximum absolute atomic E-state index is 12.1. The molecule has 1 N–H and O–H groups in total. The molecule has 2 rings (SSSR count). The Bertz CT molecular complexity index is 766. The van der Waals surface area contributed by atoms with Gasteiger partial charge in [-0.2, -0.15) is 0 Å². The van der Waals surface area contributed by atoms with Crippen LogP contribution in [0.15, 0.2) is 41.6 Å². The van der Waals surface area contributed by atoms with Crippen molar-refractivity contribution in [3.63, 3.8) is 0 Å². The van der Waals surface area contributed by atoms with Gasteiger partial charge >= 0.3 is 5.97 Å². The third-order valence-electron chi connectivity index (χ3n) is 3.23. The molecular formula is C16H17N3O4. The number of hydrogen-bond donors (Lipinski definition) is 1. The number of benzene rings is 1. The summed E-state index contributed by atoms with van der Waals surface area (Å²) in [5, 5.41) is 2.71. The van der Waals surface area contributed by atoms with Crippen LogP contribution in [0.4, 0.5) is 0 Å². The lowest BCUT2D eigenvalue weighted by molar-refractivity contribution is -0.121. The van der Waals surface area contributed by atoms with Crippen LogP contribution in [-0.2, 0) is 22.6 Å². The van der Waals surface area contributed by atoms with Gasteiger partial charge in [-0.15, -0.1) is 0 Å². The van der Waals surface area contributed by atoms with E-state index in [0.717, 1.165) is 21.9 Å². The first-order valence-corrected chi connectivity index (χ1v) is 6.96. The van der Waals surface area contributed by atoms with Crippen LogP contribution in [0.3, 0.4) is 0 Å². The number of esters is 1. The molecule has 0 spiro atoms. The first kappa shape index (κ1) is 16.4. The van der Waals surface area contributed by atoms with E-state index in [0.29, 0.717) is 6.54 Å². The van der Waals surface area contributed by atoms with E-state index in [4.69, 9.17) is 0 Å². The van der Waals surface area contributed by atoms with E-state index in [1.165, 1.54) is 13.4 Å². The summed E-state index contributed by atoms with van der Waals surface area (Å²) in [6, 6.07) is 7.74. The Balaban J connectivity index is 2.01. The highest BCUT2D eigenvalue weighted by Gasteiger charge is 2.14. The highest BCUT2D eigenvalue weighted by Crippen LogP contribution is 2.02. The Hall–Kier alpha value is -2.96. The summed E-state index contributed by atoms with van der Waals surface area (Å²) in [5.41, 5.74) is 1.27. The zero-order chi connectivity index (χ0) is 16.8. The molecule has 0 unspecified atom stereocenters. The number of rotatable bonds is 5. The van der Waals surface area contributed by atoms with Crippen molar-refractivity contribution in [3.8, 4) is 0 Å². The molecule has 0 saturated carbocycles. The van der Waals surface area contributed by atoms with E-state index >= 15 is 0 Å². The van der Waals surface area contributed by atoms with Crippen molar-refractivity contribution in [1.82, 2.24) is 14.9 Å². The van der Waals surface area contributed by atoms with E-state index < -0.39 is 11.5 Å². The molecule has 7 nitrogen and oxygen atoms in total. The highest BCUT2D eigenvalue weighted by molar-refractivity contribution is 5.88. The molecule has 0 fully saturated rings. The van der Waals surface area contributed by atoms with Gasteiger partial charge in [0.25, 0.3) is 5.56 Å². The quantitative estimate of drug-likeness (QED) is 0.818. The SMILES string of the molecule is COC(=O)c1cncn(CC(=O)NCc2ccc(C)cc2)c1=O. The van der Waals surface area contributed by atoms with Crippen molar-refractivity contribution < 1.29 is 14.3 Å². The fourth-order valence-electron chi connectivity index (χ4n) is 1.93. The third kappa shape index (κ3) is 4.26. The van der Waals surface area contributed by atoms with Crippen LogP contribution in [-0.4, -0.2) is 28.5 Å². The Morgan fingerprint density at radius 2 is 1.96 bits per heavy atom. The molecule has 1 aromatic heterocycles. The zero-order valence-corrected chi connectivity index (χ0v) is 12.9. The van der Waals surface area contributed by atoms with E-state index in [2.05, 4.69) is 15.0 Å². The van der Waals surface area contributed by atoms with Crippen molar-refractivity contribution >= 4 is 11.9 Å². The zero-order valence-electron chi connectivity index (χ0n) is 12.9. The predicted molar refractivity (Wildman–Crippen MR) is 82.9 cm³/mol. The van der Waals surface area contributed by atoms with Gasteiger partial charge in [0.05, 0.1) is 13.4 Å². The first-order chi connectivity index (χ1) is 11.0. The number of aromatic nitrogens is 2. The van der Waals surface area contributed by atoms with Gasteiger partial charge in [0.2, 0.25) is 5.91 Å². The summed E-state index contributed by atoms with van der Waals surface area (Å²) in [6.45, 7) is 2.12. The molecule has 1 aromatic carbocycles. The number of nitrogens with one attached hydrogen (secondary N) is 1. The van der Waals surface area contributed by atoms with E-state index in [1.54, 1.807) is 0 Å². The first-order valence-electron chi connectivity index (χ1n) is 6.96. The Kier molecular flexibility index (Phi) is 5.24. The van der Waals surface area contributed by atoms with E-state index in [-0.39, 0.29) is 18.0 Å². The van der Waals surface area contributed by atoms with Gasteiger partial charge in [-0.05, 0) is 12.5 Å². The van der Waals surface area contributed by atoms with Gasteiger partial charge in [0, 0.05) is 12.7 Å². The molecule has 1 heterocycles. The summed E-state index contributed by atoms with van der Waals surface area (Å²) in [4.78, 5) is 39.2. The monoisotopic (exact) mass is 315 g/mol. The molecule has 0 saturated heterocycles. The number of ether oxygens (including phenoxy) is 1. The smallest absolute Gasteiger partial charge is 0.345 e. The van der Waals surface area contributed by atoms with Crippen LogP contribution in [0.2, 0.25) is 0 Å². The topological polar surface area (TPSA) is 90.3 Å². The molecule has 0 aliphatic carbocycles. The van der Waals surface area contributed by atoms with Crippen LogP contribution in [0, 0.1) is 6.92 Å². The van der Waals surface area contributed by atoms with E-state index in [1.807, 2.05) is 31.2 Å². The minimum Gasteiger partial charge on any atom is -0.465 e. The predicted octanol–water partition coefficient (Wildman–Crippen LogP) is 0.655. The van der Waals surface area contributed by atoms with Gasteiger partial charge in [-0.1, -0.05) is 29.8 Å². The van der Waals surface area contributed by atoms with Crippen LogP contribution < -0.4 is 10.9 Å². The number of hydrogen-bond acceptors (Lipinski definition) is 5. The second kappa shape index (κ2) is 7.35. The normalized spacial score (nSPS) is 10.2. The largest absolute Gasteiger partial charge is 0.465 e. The Morgan fingerprint density at radius 3 is 2.61 bits per heavy atom. The summed E-state index contributed by atoms with van der Waals surface area (Å²) in [5.74, 6) is -1.13. The number of carbonyl (C=O) groups excluding carboxylic acids is 2. The van der Waals surface area contributed by atoms with E-state index in [9.17, 15) is 14.4 Å². The lowest BCUT2D eigenvalue weighted by Gasteiger charge is -2.08. The van der Waals surface area contributed by atoms with Gasteiger partial charge in [-0.3, -0.25) is 14.2 Å². The molecule has 0 atom stereocenters. The molecule has 2 aromatic rings. The number of carbonyl (C=O) groups is 2. The minimum absolute atomic E-state index is 0.207. The highest BCUT2D eigenvalue weighted by atomic mass is 16.5. The maximum atomic E-state index is 12.1. The molecule has 0 aliphatic heterocycles. The van der Waals surface area contributed by atoms with Crippen LogP contribution in [0.5, 0.6) is 0 Å².